The summed E-state index contributed by atoms with van der Waals surface area (Å²) in [6.45, 7) is 3.59. The number of benzene rings is 3. The van der Waals surface area contributed by atoms with Crippen molar-refractivity contribution in [3.8, 4) is 5.75 Å². The Hall–Kier alpha value is -2.90. The Balaban J connectivity index is 1.81. The van der Waals surface area contributed by atoms with E-state index in [1.165, 1.54) is 0 Å². The molecular weight excluding hydrogens is 388 g/mol. The Bertz CT molecular complexity index is 1110. The predicted molar refractivity (Wildman–Crippen MR) is 115 cm³/mol. The zero-order valence-corrected chi connectivity index (χ0v) is 17.4. The van der Waals surface area contributed by atoms with E-state index in [0.29, 0.717) is 11.4 Å². The van der Waals surface area contributed by atoms with Gasteiger partial charge in [0.05, 0.1) is 12.0 Å². The topological polar surface area (TPSA) is 84.5 Å². The number of nitrogens with one attached hydrogen (secondary N) is 2. The maximum atomic E-state index is 12.9. The molecule has 1 atom stereocenters. The number of amides is 1. The second-order valence-corrected chi connectivity index (χ2v) is 8.78. The standard InChI is InChI=1S/C22H24N2O4S/c1-15(2)21(22(25)23-18-9-11-19(28-3)12-10-18)24-29(26,27)20-13-8-16-6-4-5-7-17(16)14-20/h4-15,21,24H,1-3H3,(H,23,25). The lowest BCUT2D eigenvalue weighted by Gasteiger charge is -2.22. The van der Waals surface area contributed by atoms with E-state index in [-0.39, 0.29) is 10.8 Å². The van der Waals surface area contributed by atoms with Gasteiger partial charge in [-0.05, 0) is 53.1 Å². The molecule has 0 heterocycles. The number of hydrogen-bond donors (Lipinski definition) is 2. The summed E-state index contributed by atoms with van der Waals surface area (Å²) in [5.41, 5.74) is 0.561. The lowest BCUT2D eigenvalue weighted by atomic mass is 10.0. The average molecular weight is 413 g/mol. The molecule has 1 unspecified atom stereocenters. The number of hydrogen-bond acceptors (Lipinski definition) is 4. The van der Waals surface area contributed by atoms with Crippen LogP contribution in [0.3, 0.4) is 0 Å². The van der Waals surface area contributed by atoms with E-state index in [9.17, 15) is 13.2 Å². The Morgan fingerprint density at radius 3 is 2.21 bits per heavy atom. The fourth-order valence-corrected chi connectivity index (χ4v) is 4.34. The van der Waals surface area contributed by atoms with Gasteiger partial charge in [-0.3, -0.25) is 4.79 Å². The van der Waals surface area contributed by atoms with E-state index in [1.807, 2.05) is 24.3 Å². The molecule has 0 fully saturated rings. The molecule has 0 aliphatic carbocycles. The number of fused-ring (bicyclic) bond motifs is 1. The van der Waals surface area contributed by atoms with Crippen molar-refractivity contribution in [2.45, 2.75) is 24.8 Å². The van der Waals surface area contributed by atoms with Crippen molar-refractivity contribution in [3.63, 3.8) is 0 Å². The van der Waals surface area contributed by atoms with Gasteiger partial charge in [0.15, 0.2) is 0 Å². The van der Waals surface area contributed by atoms with Crippen molar-refractivity contribution >= 4 is 32.4 Å². The minimum atomic E-state index is -3.87. The van der Waals surface area contributed by atoms with Crippen LogP contribution in [0.5, 0.6) is 5.75 Å². The van der Waals surface area contributed by atoms with E-state index in [2.05, 4.69) is 10.0 Å². The van der Waals surface area contributed by atoms with Crippen LogP contribution in [0.25, 0.3) is 10.8 Å². The first kappa shape index (κ1) is 20.8. The molecule has 0 aromatic heterocycles. The van der Waals surface area contributed by atoms with Crippen LogP contribution in [0.2, 0.25) is 0 Å². The van der Waals surface area contributed by atoms with Gasteiger partial charge in [0.2, 0.25) is 15.9 Å². The highest BCUT2D eigenvalue weighted by Gasteiger charge is 2.28. The summed E-state index contributed by atoms with van der Waals surface area (Å²) in [5, 5.41) is 4.52. The lowest BCUT2D eigenvalue weighted by Crippen LogP contribution is -2.47. The first-order valence-electron chi connectivity index (χ1n) is 9.26. The SMILES string of the molecule is COc1ccc(NC(=O)C(NS(=O)(=O)c2ccc3ccccc3c2)C(C)C)cc1. The van der Waals surface area contributed by atoms with Crippen LogP contribution in [-0.4, -0.2) is 27.5 Å². The van der Waals surface area contributed by atoms with Crippen LogP contribution < -0.4 is 14.8 Å². The molecule has 0 spiro atoms. The average Bonchev–Trinajstić information content (AvgIpc) is 2.72. The Morgan fingerprint density at radius 2 is 1.59 bits per heavy atom. The van der Waals surface area contributed by atoms with E-state index in [0.717, 1.165) is 10.8 Å². The molecule has 0 aliphatic rings. The summed E-state index contributed by atoms with van der Waals surface area (Å²) in [6, 6.07) is 18.3. The van der Waals surface area contributed by atoms with Gasteiger partial charge in [0.1, 0.15) is 11.8 Å². The number of carbonyl (C=O) groups is 1. The second kappa shape index (κ2) is 8.63. The van der Waals surface area contributed by atoms with Gasteiger partial charge in [-0.2, -0.15) is 4.72 Å². The summed E-state index contributed by atoms with van der Waals surface area (Å²) in [6.07, 6.45) is 0. The maximum Gasteiger partial charge on any atom is 0.242 e. The minimum absolute atomic E-state index is 0.124. The summed E-state index contributed by atoms with van der Waals surface area (Å²) < 4.78 is 33.5. The Kier molecular flexibility index (Phi) is 6.20. The molecule has 2 N–H and O–H groups in total. The van der Waals surface area contributed by atoms with Crippen molar-refractivity contribution < 1.29 is 17.9 Å². The molecule has 0 bridgehead atoms. The highest BCUT2D eigenvalue weighted by atomic mass is 32.2. The molecule has 0 radical (unpaired) electrons. The van der Waals surface area contributed by atoms with Gasteiger partial charge in [-0.25, -0.2) is 8.42 Å². The summed E-state index contributed by atoms with van der Waals surface area (Å²) in [5.74, 6) is -0.00146. The molecule has 3 aromatic carbocycles. The number of rotatable bonds is 7. The highest BCUT2D eigenvalue weighted by Crippen LogP contribution is 2.21. The van der Waals surface area contributed by atoms with E-state index in [1.54, 1.807) is 63.4 Å². The van der Waals surface area contributed by atoms with Crippen molar-refractivity contribution in [3.05, 3.63) is 66.7 Å². The van der Waals surface area contributed by atoms with Crippen LogP contribution in [0.1, 0.15) is 13.8 Å². The number of ether oxygens (including phenoxy) is 1. The molecule has 0 saturated heterocycles. The highest BCUT2D eigenvalue weighted by molar-refractivity contribution is 7.89. The molecule has 3 rings (SSSR count). The zero-order valence-electron chi connectivity index (χ0n) is 16.5. The molecule has 7 heteroatoms. The normalized spacial score (nSPS) is 12.7. The van der Waals surface area contributed by atoms with Crippen LogP contribution in [0, 0.1) is 5.92 Å². The summed E-state index contributed by atoms with van der Waals surface area (Å²) in [4.78, 5) is 12.9. The molecule has 0 aliphatic heterocycles. The molecule has 1 amide bonds. The van der Waals surface area contributed by atoms with Gasteiger partial charge in [-0.15, -0.1) is 0 Å². The number of sulfonamides is 1. The van der Waals surface area contributed by atoms with E-state index in [4.69, 9.17) is 4.74 Å². The lowest BCUT2D eigenvalue weighted by molar-refractivity contribution is -0.118. The monoisotopic (exact) mass is 412 g/mol. The molecule has 6 nitrogen and oxygen atoms in total. The Labute approximate surface area is 170 Å². The van der Waals surface area contributed by atoms with Crippen molar-refractivity contribution in [1.29, 1.82) is 0 Å². The summed E-state index contributed by atoms with van der Waals surface area (Å²) >= 11 is 0. The van der Waals surface area contributed by atoms with Crippen molar-refractivity contribution in [2.75, 3.05) is 12.4 Å². The van der Waals surface area contributed by atoms with E-state index >= 15 is 0 Å². The quantitative estimate of drug-likeness (QED) is 0.618. The third kappa shape index (κ3) is 4.93. The predicted octanol–water partition coefficient (Wildman–Crippen LogP) is 3.79. The maximum absolute atomic E-state index is 12.9. The Morgan fingerprint density at radius 1 is 0.931 bits per heavy atom. The first-order valence-corrected chi connectivity index (χ1v) is 10.7. The van der Waals surface area contributed by atoms with Crippen molar-refractivity contribution in [1.82, 2.24) is 4.72 Å². The number of methoxy groups -OCH3 is 1. The smallest absolute Gasteiger partial charge is 0.242 e. The third-order valence-corrected chi connectivity index (χ3v) is 6.06. The van der Waals surface area contributed by atoms with E-state index < -0.39 is 22.0 Å². The van der Waals surface area contributed by atoms with Crippen molar-refractivity contribution in [2.24, 2.45) is 5.92 Å². The molecule has 0 saturated carbocycles. The number of carbonyl (C=O) groups excluding carboxylic acids is 1. The molecular formula is C22H24N2O4S. The van der Waals surface area contributed by atoms with Gasteiger partial charge in [-0.1, -0.05) is 44.2 Å². The van der Waals surface area contributed by atoms with Gasteiger partial charge < -0.3 is 10.1 Å². The van der Waals surface area contributed by atoms with Gasteiger partial charge >= 0.3 is 0 Å². The largest absolute Gasteiger partial charge is 0.497 e. The third-order valence-electron chi connectivity index (χ3n) is 4.62. The summed E-state index contributed by atoms with van der Waals surface area (Å²) in [7, 11) is -2.32. The molecule has 29 heavy (non-hydrogen) atoms. The molecule has 3 aromatic rings. The zero-order chi connectivity index (χ0) is 21.0. The van der Waals surface area contributed by atoms with Gasteiger partial charge in [0.25, 0.3) is 0 Å². The van der Waals surface area contributed by atoms with Crippen LogP contribution >= 0.6 is 0 Å². The fourth-order valence-electron chi connectivity index (χ4n) is 2.96. The van der Waals surface area contributed by atoms with Crippen LogP contribution in [-0.2, 0) is 14.8 Å². The second-order valence-electron chi connectivity index (χ2n) is 7.07. The fraction of sp³-hybridized carbons (Fsp3) is 0.227. The number of anilines is 1. The first-order chi connectivity index (χ1) is 13.8. The minimum Gasteiger partial charge on any atom is -0.497 e. The van der Waals surface area contributed by atoms with Crippen LogP contribution in [0.15, 0.2) is 71.6 Å². The van der Waals surface area contributed by atoms with Gasteiger partial charge in [0, 0.05) is 5.69 Å². The molecule has 152 valence electrons. The van der Waals surface area contributed by atoms with Crippen LogP contribution in [0.4, 0.5) is 5.69 Å².